The summed E-state index contributed by atoms with van der Waals surface area (Å²) in [7, 11) is 0. The number of nitrogens with one attached hydrogen (secondary N) is 1. The van der Waals surface area contributed by atoms with Gasteiger partial charge in [0.2, 0.25) is 0 Å². The van der Waals surface area contributed by atoms with Crippen molar-refractivity contribution in [3.05, 3.63) is 44.7 Å². The lowest BCUT2D eigenvalue weighted by molar-refractivity contribution is 0.578. The van der Waals surface area contributed by atoms with E-state index in [1.807, 2.05) is 23.5 Å². The van der Waals surface area contributed by atoms with Crippen LogP contribution in [0.25, 0.3) is 10.4 Å². The molecule has 1 unspecified atom stereocenters. The van der Waals surface area contributed by atoms with Crippen molar-refractivity contribution in [2.24, 2.45) is 0 Å². The van der Waals surface area contributed by atoms with Crippen LogP contribution in [0.2, 0.25) is 5.02 Å². The molecular weight excluding hydrogens is 342 g/mol. The van der Waals surface area contributed by atoms with Gasteiger partial charge in [-0.05, 0) is 65.6 Å². The maximum atomic E-state index is 6.15. The van der Waals surface area contributed by atoms with Gasteiger partial charge >= 0.3 is 0 Å². The second kappa shape index (κ2) is 6.89. The molecule has 4 heteroatoms. The van der Waals surface area contributed by atoms with Gasteiger partial charge in [0, 0.05) is 20.3 Å². The number of halogens is 2. The molecule has 0 aliphatic heterocycles. The fourth-order valence-corrected chi connectivity index (χ4v) is 3.31. The molecule has 0 bridgehead atoms. The third kappa shape index (κ3) is 3.82. The lowest BCUT2D eigenvalue weighted by atomic mass is 10.2. The van der Waals surface area contributed by atoms with Crippen LogP contribution in [0.1, 0.15) is 31.2 Å². The first-order valence-corrected chi connectivity index (χ1v) is 8.39. The van der Waals surface area contributed by atoms with E-state index in [-0.39, 0.29) is 0 Å². The highest BCUT2D eigenvalue weighted by Gasteiger charge is 2.09. The van der Waals surface area contributed by atoms with E-state index >= 15 is 0 Å². The Morgan fingerprint density at radius 2 is 2.11 bits per heavy atom. The first kappa shape index (κ1) is 15.0. The van der Waals surface area contributed by atoms with E-state index in [1.165, 1.54) is 15.3 Å². The van der Waals surface area contributed by atoms with Gasteiger partial charge < -0.3 is 5.32 Å². The van der Waals surface area contributed by atoms with Crippen LogP contribution in [-0.2, 0) is 0 Å². The summed E-state index contributed by atoms with van der Waals surface area (Å²) in [6.07, 6.45) is 1.16. The van der Waals surface area contributed by atoms with E-state index < -0.39 is 0 Å². The Morgan fingerprint density at radius 1 is 1.32 bits per heavy atom. The molecular formula is C15H17BrClNS. The standard InChI is InChI=1S/C15H17BrClNS/c1-3-8-18-10(2)14-6-7-15(19-14)11-4-5-12(16)13(17)9-11/h4-7,9-10,18H,3,8H2,1-2H3. The van der Waals surface area contributed by atoms with Gasteiger partial charge in [0.25, 0.3) is 0 Å². The number of hydrogen-bond acceptors (Lipinski definition) is 2. The Hall–Kier alpha value is -0.350. The van der Waals surface area contributed by atoms with Crippen molar-refractivity contribution < 1.29 is 0 Å². The van der Waals surface area contributed by atoms with Crippen molar-refractivity contribution >= 4 is 38.9 Å². The molecule has 19 heavy (non-hydrogen) atoms. The number of hydrogen-bond donors (Lipinski definition) is 1. The average molecular weight is 359 g/mol. The average Bonchev–Trinajstić information content (AvgIpc) is 2.89. The van der Waals surface area contributed by atoms with Crippen LogP contribution < -0.4 is 5.32 Å². The zero-order chi connectivity index (χ0) is 13.8. The van der Waals surface area contributed by atoms with Gasteiger partial charge in [0.15, 0.2) is 0 Å². The van der Waals surface area contributed by atoms with E-state index in [0.29, 0.717) is 6.04 Å². The summed E-state index contributed by atoms with van der Waals surface area (Å²) in [5, 5.41) is 4.26. The van der Waals surface area contributed by atoms with Crippen LogP contribution in [0.3, 0.4) is 0 Å². The Labute approximate surface area is 132 Å². The van der Waals surface area contributed by atoms with Crippen molar-refractivity contribution in [1.29, 1.82) is 0 Å². The molecule has 0 spiro atoms. The summed E-state index contributed by atoms with van der Waals surface area (Å²) in [6, 6.07) is 10.9. The summed E-state index contributed by atoms with van der Waals surface area (Å²) in [5.41, 5.74) is 1.17. The quantitative estimate of drug-likeness (QED) is 0.702. The Morgan fingerprint density at radius 3 is 2.79 bits per heavy atom. The van der Waals surface area contributed by atoms with Gasteiger partial charge in [-0.2, -0.15) is 0 Å². The largest absolute Gasteiger partial charge is 0.309 e. The van der Waals surface area contributed by atoms with Crippen LogP contribution in [0.15, 0.2) is 34.8 Å². The molecule has 1 aromatic carbocycles. The normalized spacial score (nSPS) is 12.6. The zero-order valence-corrected chi connectivity index (χ0v) is 14.2. The molecule has 0 saturated heterocycles. The molecule has 0 radical (unpaired) electrons. The monoisotopic (exact) mass is 357 g/mol. The second-order valence-electron chi connectivity index (χ2n) is 4.51. The molecule has 102 valence electrons. The maximum absolute atomic E-state index is 6.15. The fourth-order valence-electron chi connectivity index (χ4n) is 1.85. The SMILES string of the molecule is CCCNC(C)c1ccc(-c2ccc(Br)c(Cl)c2)s1. The molecule has 1 atom stereocenters. The van der Waals surface area contributed by atoms with Gasteiger partial charge in [-0.3, -0.25) is 0 Å². The predicted octanol–water partition coefficient (Wildman–Crippen LogP) is 5.89. The zero-order valence-electron chi connectivity index (χ0n) is 11.0. The van der Waals surface area contributed by atoms with Crippen molar-refractivity contribution in [2.75, 3.05) is 6.54 Å². The Balaban J connectivity index is 2.18. The fraction of sp³-hybridized carbons (Fsp3) is 0.333. The molecule has 0 saturated carbocycles. The van der Waals surface area contributed by atoms with Gasteiger partial charge in [-0.1, -0.05) is 24.6 Å². The minimum atomic E-state index is 0.407. The highest BCUT2D eigenvalue weighted by atomic mass is 79.9. The van der Waals surface area contributed by atoms with E-state index in [4.69, 9.17) is 11.6 Å². The first-order valence-electron chi connectivity index (χ1n) is 6.40. The number of rotatable bonds is 5. The maximum Gasteiger partial charge on any atom is 0.0554 e. The van der Waals surface area contributed by atoms with Crippen molar-refractivity contribution in [1.82, 2.24) is 5.32 Å². The van der Waals surface area contributed by atoms with E-state index in [9.17, 15) is 0 Å². The van der Waals surface area contributed by atoms with Crippen molar-refractivity contribution in [2.45, 2.75) is 26.3 Å². The van der Waals surface area contributed by atoms with Crippen LogP contribution in [0.4, 0.5) is 0 Å². The molecule has 0 aliphatic rings. The summed E-state index contributed by atoms with van der Waals surface area (Å²) < 4.78 is 0.938. The highest BCUT2D eigenvalue weighted by molar-refractivity contribution is 9.10. The molecule has 2 rings (SSSR count). The molecule has 1 nitrogen and oxygen atoms in total. The van der Waals surface area contributed by atoms with Gasteiger partial charge in [0.1, 0.15) is 0 Å². The van der Waals surface area contributed by atoms with Crippen LogP contribution in [0, 0.1) is 0 Å². The minimum absolute atomic E-state index is 0.407. The molecule has 0 aliphatic carbocycles. The van der Waals surface area contributed by atoms with E-state index in [0.717, 1.165) is 22.5 Å². The van der Waals surface area contributed by atoms with Crippen LogP contribution in [0.5, 0.6) is 0 Å². The third-order valence-electron chi connectivity index (χ3n) is 2.96. The smallest absolute Gasteiger partial charge is 0.0554 e. The third-order valence-corrected chi connectivity index (χ3v) is 5.51. The van der Waals surface area contributed by atoms with E-state index in [2.05, 4.69) is 53.3 Å². The lowest BCUT2D eigenvalue weighted by Crippen LogP contribution is -2.18. The molecule has 1 N–H and O–H groups in total. The van der Waals surface area contributed by atoms with Crippen molar-refractivity contribution in [3.8, 4) is 10.4 Å². The molecule has 0 fully saturated rings. The molecule has 2 aromatic rings. The lowest BCUT2D eigenvalue weighted by Gasteiger charge is -2.10. The highest BCUT2D eigenvalue weighted by Crippen LogP contribution is 2.34. The van der Waals surface area contributed by atoms with Gasteiger partial charge in [0.05, 0.1) is 5.02 Å². The van der Waals surface area contributed by atoms with E-state index in [1.54, 1.807) is 0 Å². The number of benzene rings is 1. The molecule has 0 amide bonds. The Kier molecular flexibility index (Phi) is 5.46. The summed E-state index contributed by atoms with van der Waals surface area (Å²) in [5.74, 6) is 0. The van der Waals surface area contributed by atoms with Crippen molar-refractivity contribution in [3.63, 3.8) is 0 Å². The second-order valence-corrected chi connectivity index (χ2v) is 6.88. The van der Waals surface area contributed by atoms with Crippen LogP contribution >= 0.6 is 38.9 Å². The van der Waals surface area contributed by atoms with Gasteiger partial charge in [-0.25, -0.2) is 0 Å². The molecule has 1 aromatic heterocycles. The molecule has 1 heterocycles. The summed E-state index contributed by atoms with van der Waals surface area (Å²) in [4.78, 5) is 2.62. The summed E-state index contributed by atoms with van der Waals surface area (Å²) in [6.45, 7) is 5.45. The number of thiophene rings is 1. The minimum Gasteiger partial charge on any atom is -0.309 e. The first-order chi connectivity index (χ1) is 9.11. The Bertz CT molecular complexity index is 553. The topological polar surface area (TPSA) is 12.0 Å². The van der Waals surface area contributed by atoms with Gasteiger partial charge in [-0.15, -0.1) is 11.3 Å². The summed E-state index contributed by atoms with van der Waals surface area (Å²) >= 11 is 11.4. The predicted molar refractivity (Wildman–Crippen MR) is 89.2 cm³/mol. The van der Waals surface area contributed by atoms with Crippen LogP contribution in [-0.4, -0.2) is 6.54 Å².